The molecule has 0 aliphatic rings. The van der Waals surface area contributed by atoms with Crippen LogP contribution in [0.4, 0.5) is 8.78 Å². The van der Waals surface area contributed by atoms with E-state index in [0.29, 0.717) is 6.42 Å². The van der Waals surface area contributed by atoms with Crippen molar-refractivity contribution in [1.29, 1.82) is 0 Å². The molecule has 0 bridgehead atoms. The lowest BCUT2D eigenvalue weighted by molar-refractivity contribution is -0.133. The van der Waals surface area contributed by atoms with Gasteiger partial charge in [-0.25, -0.2) is 0 Å². The zero-order valence-corrected chi connectivity index (χ0v) is 8.21. The van der Waals surface area contributed by atoms with E-state index in [0.717, 1.165) is 0 Å². The van der Waals surface area contributed by atoms with Crippen LogP contribution in [0.1, 0.15) is 33.6 Å². The van der Waals surface area contributed by atoms with Crippen LogP contribution in [0.25, 0.3) is 0 Å². The molecule has 0 spiro atoms. The van der Waals surface area contributed by atoms with Gasteiger partial charge in [0.1, 0.15) is 0 Å². The first-order valence-electron chi connectivity index (χ1n) is 3.73. The van der Waals surface area contributed by atoms with Crippen LogP contribution in [0, 0.1) is 5.41 Å². The van der Waals surface area contributed by atoms with Gasteiger partial charge in [0.05, 0.1) is 0 Å². The molecule has 0 fully saturated rings. The summed E-state index contributed by atoms with van der Waals surface area (Å²) in [6, 6.07) is 0. The molecule has 0 aromatic rings. The van der Waals surface area contributed by atoms with Crippen LogP contribution in [-0.2, 0) is 4.79 Å². The van der Waals surface area contributed by atoms with Crippen LogP contribution >= 0.6 is 11.6 Å². The average Bonchev–Trinajstić information content (AvgIpc) is 1.78. The molecule has 72 valence electrons. The van der Waals surface area contributed by atoms with Crippen molar-refractivity contribution >= 4 is 17.4 Å². The SMILES string of the molecule is CC(C)(C)CCC(=O)C(F)(F)Cl. The molecule has 0 unspecified atom stereocenters. The fraction of sp³-hybridized carbons (Fsp3) is 0.875. The van der Waals surface area contributed by atoms with E-state index in [4.69, 9.17) is 0 Å². The van der Waals surface area contributed by atoms with E-state index in [1.54, 1.807) is 0 Å². The van der Waals surface area contributed by atoms with E-state index in [-0.39, 0.29) is 11.8 Å². The van der Waals surface area contributed by atoms with Gasteiger partial charge in [0.25, 0.3) is 0 Å². The summed E-state index contributed by atoms with van der Waals surface area (Å²) in [7, 11) is 0. The summed E-state index contributed by atoms with van der Waals surface area (Å²) in [5, 5.41) is -3.69. The van der Waals surface area contributed by atoms with Crippen LogP contribution in [0.5, 0.6) is 0 Å². The van der Waals surface area contributed by atoms with Gasteiger partial charge in [0.2, 0.25) is 5.78 Å². The summed E-state index contributed by atoms with van der Waals surface area (Å²) in [5.41, 5.74) is -0.113. The van der Waals surface area contributed by atoms with Crippen molar-refractivity contribution in [1.82, 2.24) is 0 Å². The molecule has 0 atom stereocenters. The van der Waals surface area contributed by atoms with E-state index in [9.17, 15) is 13.6 Å². The lowest BCUT2D eigenvalue weighted by atomic mass is 9.89. The number of ketones is 1. The molecule has 4 heteroatoms. The second-order valence-corrected chi connectivity index (χ2v) is 4.46. The topological polar surface area (TPSA) is 17.1 Å². The van der Waals surface area contributed by atoms with Crippen LogP contribution < -0.4 is 0 Å². The van der Waals surface area contributed by atoms with E-state index in [1.165, 1.54) is 0 Å². The predicted octanol–water partition coefficient (Wildman–Crippen LogP) is 3.21. The Morgan fingerprint density at radius 2 is 1.75 bits per heavy atom. The Labute approximate surface area is 76.1 Å². The van der Waals surface area contributed by atoms with Crippen molar-refractivity contribution in [3.05, 3.63) is 0 Å². The number of hydrogen-bond acceptors (Lipinski definition) is 1. The summed E-state index contributed by atoms with van der Waals surface area (Å²) in [6.45, 7) is 5.64. The van der Waals surface area contributed by atoms with Crippen LogP contribution in [-0.4, -0.2) is 11.2 Å². The largest absolute Gasteiger partial charge is 0.380 e. The van der Waals surface area contributed by atoms with E-state index in [1.807, 2.05) is 20.8 Å². The Kier molecular flexibility index (Phi) is 3.63. The lowest BCUT2D eigenvalue weighted by Crippen LogP contribution is -2.22. The van der Waals surface area contributed by atoms with Crippen molar-refractivity contribution in [2.45, 2.75) is 39.0 Å². The fourth-order valence-corrected chi connectivity index (χ4v) is 0.725. The van der Waals surface area contributed by atoms with Crippen molar-refractivity contribution in [2.24, 2.45) is 5.41 Å². The molecule has 0 heterocycles. The minimum absolute atomic E-state index is 0.113. The van der Waals surface area contributed by atoms with Crippen molar-refractivity contribution in [3.63, 3.8) is 0 Å². The molecule has 1 nitrogen and oxygen atoms in total. The minimum Gasteiger partial charge on any atom is -0.291 e. The first kappa shape index (κ1) is 11.8. The number of halogens is 3. The van der Waals surface area contributed by atoms with Crippen molar-refractivity contribution in [3.8, 4) is 0 Å². The third kappa shape index (κ3) is 5.47. The highest BCUT2D eigenvalue weighted by molar-refractivity contribution is 6.32. The molecular weight excluding hydrogens is 186 g/mol. The van der Waals surface area contributed by atoms with Crippen LogP contribution in [0.15, 0.2) is 0 Å². The van der Waals surface area contributed by atoms with Gasteiger partial charge in [-0.3, -0.25) is 4.79 Å². The van der Waals surface area contributed by atoms with Gasteiger partial charge < -0.3 is 0 Å². The Morgan fingerprint density at radius 3 is 2.00 bits per heavy atom. The van der Waals surface area contributed by atoms with Gasteiger partial charge in [0.15, 0.2) is 0 Å². The molecule has 0 saturated heterocycles. The molecule has 0 amide bonds. The van der Waals surface area contributed by atoms with Crippen molar-refractivity contribution in [2.75, 3.05) is 0 Å². The van der Waals surface area contributed by atoms with E-state index < -0.39 is 11.2 Å². The number of carbonyl (C=O) groups excluding carboxylic acids is 1. The summed E-state index contributed by atoms with van der Waals surface area (Å²) < 4.78 is 24.2. The standard InChI is InChI=1S/C8H13ClF2O/c1-7(2,3)5-4-6(12)8(9,10)11/h4-5H2,1-3H3. The predicted molar refractivity (Wildman–Crippen MR) is 44.5 cm³/mol. The highest BCUT2D eigenvalue weighted by atomic mass is 35.5. The van der Waals surface area contributed by atoms with Gasteiger partial charge in [-0.2, -0.15) is 8.78 Å². The first-order chi connectivity index (χ1) is 5.13. The number of hydrogen-bond donors (Lipinski definition) is 0. The second kappa shape index (κ2) is 3.69. The quantitative estimate of drug-likeness (QED) is 0.637. The summed E-state index contributed by atoms with van der Waals surface area (Å²) >= 11 is 4.53. The lowest BCUT2D eigenvalue weighted by Gasteiger charge is -2.17. The zero-order valence-electron chi connectivity index (χ0n) is 7.46. The Hall–Kier alpha value is -0.180. The Morgan fingerprint density at radius 1 is 1.33 bits per heavy atom. The van der Waals surface area contributed by atoms with Crippen LogP contribution in [0.2, 0.25) is 0 Å². The maximum absolute atomic E-state index is 12.1. The summed E-state index contributed by atoms with van der Waals surface area (Å²) in [5.74, 6) is -1.20. The van der Waals surface area contributed by atoms with Gasteiger partial charge in [-0.1, -0.05) is 20.8 Å². The first-order valence-corrected chi connectivity index (χ1v) is 4.11. The molecule has 0 N–H and O–H groups in total. The summed E-state index contributed by atoms with van der Waals surface area (Å²) in [4.78, 5) is 10.6. The highest BCUT2D eigenvalue weighted by Gasteiger charge is 2.35. The normalized spacial score (nSPS) is 13.2. The van der Waals surface area contributed by atoms with Crippen LogP contribution in [0.3, 0.4) is 0 Å². The van der Waals surface area contributed by atoms with Gasteiger partial charge in [-0.05, 0) is 23.4 Å². The molecule has 0 radical (unpaired) electrons. The zero-order chi connectivity index (χ0) is 9.99. The fourth-order valence-electron chi connectivity index (χ4n) is 0.630. The molecule has 12 heavy (non-hydrogen) atoms. The van der Waals surface area contributed by atoms with Gasteiger partial charge in [-0.15, -0.1) is 0 Å². The second-order valence-electron chi connectivity index (χ2n) is 3.98. The van der Waals surface area contributed by atoms with Gasteiger partial charge in [0, 0.05) is 6.42 Å². The van der Waals surface area contributed by atoms with E-state index in [2.05, 4.69) is 11.6 Å². The maximum Gasteiger partial charge on any atom is 0.380 e. The molecule has 0 aliphatic heterocycles. The van der Waals surface area contributed by atoms with Gasteiger partial charge >= 0.3 is 5.38 Å². The Bertz CT molecular complexity index is 167. The number of Topliss-reactive ketones (excluding diaryl/α,β-unsaturated/α-hetero) is 1. The number of carbonyl (C=O) groups is 1. The highest BCUT2D eigenvalue weighted by Crippen LogP contribution is 2.27. The maximum atomic E-state index is 12.1. The minimum atomic E-state index is -3.69. The monoisotopic (exact) mass is 198 g/mol. The Balaban J connectivity index is 3.90. The third-order valence-electron chi connectivity index (χ3n) is 1.42. The van der Waals surface area contributed by atoms with E-state index >= 15 is 0 Å². The number of rotatable bonds is 3. The van der Waals surface area contributed by atoms with Crippen molar-refractivity contribution < 1.29 is 13.6 Å². The molecule has 0 aromatic heterocycles. The average molecular weight is 199 g/mol. The summed E-state index contributed by atoms with van der Waals surface area (Å²) in [6.07, 6.45) is 0.258. The molecule has 0 aromatic carbocycles. The third-order valence-corrected chi connectivity index (χ3v) is 1.63. The molecule has 0 rings (SSSR count). The molecule has 0 aliphatic carbocycles. The molecular formula is C8H13ClF2O. The smallest absolute Gasteiger partial charge is 0.291 e. The number of alkyl halides is 3. The molecule has 0 saturated carbocycles.